The second-order valence-electron chi connectivity index (χ2n) is 5.29. The standard InChI is InChI=1S/C17H17N3OS/c18-15(7-12-4-6-22-11-12)9-17(21)20-16-2-1-14-10-19-5-3-13(14)8-16/h1-6,8,10-11,15H,7,9,18H2,(H,20,21)/t15-/m0/s1. The Hall–Kier alpha value is -2.24. The van der Waals surface area contributed by atoms with E-state index in [4.69, 9.17) is 5.73 Å². The van der Waals surface area contributed by atoms with Gasteiger partial charge < -0.3 is 11.1 Å². The number of carbonyl (C=O) groups excluding carboxylic acids is 1. The van der Waals surface area contributed by atoms with Crippen LogP contribution in [0.3, 0.4) is 0 Å². The van der Waals surface area contributed by atoms with Gasteiger partial charge >= 0.3 is 0 Å². The molecule has 0 saturated carbocycles. The van der Waals surface area contributed by atoms with Gasteiger partial charge in [-0.3, -0.25) is 9.78 Å². The molecule has 1 aromatic carbocycles. The van der Waals surface area contributed by atoms with E-state index in [-0.39, 0.29) is 11.9 Å². The molecule has 2 heterocycles. The summed E-state index contributed by atoms with van der Waals surface area (Å²) >= 11 is 1.64. The first kappa shape index (κ1) is 14.7. The number of nitrogens with one attached hydrogen (secondary N) is 1. The van der Waals surface area contributed by atoms with Gasteiger partial charge in [-0.1, -0.05) is 6.07 Å². The number of fused-ring (bicyclic) bond motifs is 1. The molecule has 0 aliphatic rings. The Morgan fingerprint density at radius 2 is 2.18 bits per heavy atom. The van der Waals surface area contributed by atoms with Crippen molar-refractivity contribution in [2.45, 2.75) is 18.9 Å². The Balaban J connectivity index is 1.60. The Labute approximate surface area is 133 Å². The second-order valence-corrected chi connectivity index (χ2v) is 6.07. The molecule has 112 valence electrons. The number of hydrogen-bond acceptors (Lipinski definition) is 4. The van der Waals surface area contributed by atoms with E-state index >= 15 is 0 Å². The number of carbonyl (C=O) groups is 1. The molecule has 0 fully saturated rings. The molecule has 0 bridgehead atoms. The maximum absolute atomic E-state index is 12.1. The maximum Gasteiger partial charge on any atom is 0.225 e. The molecule has 0 saturated heterocycles. The number of hydrogen-bond donors (Lipinski definition) is 2. The van der Waals surface area contributed by atoms with E-state index in [1.54, 1.807) is 23.7 Å². The van der Waals surface area contributed by atoms with E-state index in [1.807, 2.05) is 35.7 Å². The van der Waals surface area contributed by atoms with Crippen LogP contribution in [0.15, 0.2) is 53.5 Å². The number of rotatable bonds is 5. The number of pyridine rings is 1. The summed E-state index contributed by atoms with van der Waals surface area (Å²) in [5.41, 5.74) is 8.01. The van der Waals surface area contributed by atoms with Gasteiger partial charge in [-0.25, -0.2) is 0 Å². The molecule has 3 rings (SSSR count). The van der Waals surface area contributed by atoms with E-state index in [1.165, 1.54) is 5.56 Å². The molecule has 3 N–H and O–H groups in total. The van der Waals surface area contributed by atoms with Crippen LogP contribution in [0.1, 0.15) is 12.0 Å². The minimum atomic E-state index is -0.167. The zero-order valence-electron chi connectivity index (χ0n) is 12.0. The molecule has 4 nitrogen and oxygen atoms in total. The SMILES string of the molecule is N[C@H](CC(=O)Nc1ccc2cnccc2c1)Cc1ccsc1. The van der Waals surface area contributed by atoms with Crippen molar-refractivity contribution in [3.63, 3.8) is 0 Å². The van der Waals surface area contributed by atoms with Crippen LogP contribution in [-0.2, 0) is 11.2 Å². The number of nitrogens with zero attached hydrogens (tertiary/aromatic N) is 1. The smallest absolute Gasteiger partial charge is 0.225 e. The lowest BCUT2D eigenvalue weighted by molar-refractivity contribution is -0.116. The van der Waals surface area contributed by atoms with Crippen LogP contribution in [0.25, 0.3) is 10.8 Å². The first-order valence-corrected chi connectivity index (χ1v) is 8.05. The molecule has 0 radical (unpaired) electrons. The van der Waals surface area contributed by atoms with Gasteiger partial charge in [0.25, 0.3) is 0 Å². The van der Waals surface area contributed by atoms with Crippen molar-refractivity contribution in [1.82, 2.24) is 4.98 Å². The molecule has 2 aromatic heterocycles. The molecule has 0 aliphatic heterocycles. The number of aromatic nitrogens is 1. The summed E-state index contributed by atoms with van der Waals surface area (Å²) in [7, 11) is 0. The molecular formula is C17H17N3OS. The largest absolute Gasteiger partial charge is 0.327 e. The summed E-state index contributed by atoms with van der Waals surface area (Å²) in [6.45, 7) is 0. The van der Waals surface area contributed by atoms with Crippen LogP contribution in [0, 0.1) is 0 Å². The highest BCUT2D eigenvalue weighted by molar-refractivity contribution is 7.07. The number of benzene rings is 1. The van der Waals surface area contributed by atoms with Crippen LogP contribution >= 0.6 is 11.3 Å². The fourth-order valence-corrected chi connectivity index (χ4v) is 3.08. The molecule has 5 heteroatoms. The Morgan fingerprint density at radius 1 is 1.27 bits per heavy atom. The number of anilines is 1. The third-order valence-corrected chi connectivity index (χ3v) is 4.18. The van der Waals surface area contributed by atoms with Crippen molar-refractivity contribution >= 4 is 33.7 Å². The predicted molar refractivity (Wildman–Crippen MR) is 91.0 cm³/mol. The molecule has 3 aromatic rings. The van der Waals surface area contributed by atoms with E-state index < -0.39 is 0 Å². The summed E-state index contributed by atoms with van der Waals surface area (Å²) in [6, 6.07) is 9.57. The lowest BCUT2D eigenvalue weighted by Gasteiger charge is -2.11. The molecule has 1 amide bonds. The maximum atomic E-state index is 12.1. The fraction of sp³-hybridized carbons (Fsp3) is 0.176. The number of thiophene rings is 1. The summed E-state index contributed by atoms with van der Waals surface area (Å²) in [5, 5.41) is 9.09. The van der Waals surface area contributed by atoms with Gasteiger partial charge in [-0.2, -0.15) is 11.3 Å². The fourth-order valence-electron chi connectivity index (χ4n) is 2.39. The zero-order valence-corrected chi connectivity index (χ0v) is 12.8. The third-order valence-electron chi connectivity index (χ3n) is 3.45. The van der Waals surface area contributed by atoms with E-state index in [0.717, 1.165) is 22.9 Å². The summed E-state index contributed by atoms with van der Waals surface area (Å²) in [4.78, 5) is 16.2. The molecule has 22 heavy (non-hydrogen) atoms. The molecular weight excluding hydrogens is 294 g/mol. The van der Waals surface area contributed by atoms with E-state index in [0.29, 0.717) is 6.42 Å². The molecule has 0 unspecified atom stereocenters. The highest BCUT2D eigenvalue weighted by atomic mass is 32.1. The van der Waals surface area contributed by atoms with Crippen LogP contribution in [-0.4, -0.2) is 16.9 Å². The highest BCUT2D eigenvalue weighted by Crippen LogP contribution is 2.18. The van der Waals surface area contributed by atoms with Crippen molar-refractivity contribution in [3.05, 3.63) is 59.0 Å². The topological polar surface area (TPSA) is 68.0 Å². The summed E-state index contributed by atoms with van der Waals surface area (Å²) < 4.78 is 0. The van der Waals surface area contributed by atoms with Crippen molar-refractivity contribution in [3.8, 4) is 0 Å². The Kier molecular flexibility index (Phi) is 4.46. The van der Waals surface area contributed by atoms with Crippen LogP contribution < -0.4 is 11.1 Å². The lowest BCUT2D eigenvalue weighted by atomic mass is 10.1. The Bertz CT molecular complexity index is 770. The quantitative estimate of drug-likeness (QED) is 0.760. The third kappa shape index (κ3) is 3.69. The minimum Gasteiger partial charge on any atom is -0.327 e. The van der Waals surface area contributed by atoms with Crippen molar-refractivity contribution in [1.29, 1.82) is 0 Å². The van der Waals surface area contributed by atoms with Gasteiger partial charge in [0.15, 0.2) is 0 Å². The Morgan fingerprint density at radius 3 is 3.00 bits per heavy atom. The van der Waals surface area contributed by atoms with Gasteiger partial charge in [-0.15, -0.1) is 0 Å². The highest BCUT2D eigenvalue weighted by Gasteiger charge is 2.11. The monoisotopic (exact) mass is 311 g/mol. The van der Waals surface area contributed by atoms with Crippen molar-refractivity contribution < 1.29 is 4.79 Å². The van der Waals surface area contributed by atoms with E-state index in [9.17, 15) is 4.79 Å². The molecule has 1 atom stereocenters. The second kappa shape index (κ2) is 6.68. The van der Waals surface area contributed by atoms with E-state index in [2.05, 4.69) is 15.7 Å². The average Bonchev–Trinajstić information content (AvgIpc) is 2.99. The normalized spacial score (nSPS) is 12.2. The van der Waals surface area contributed by atoms with Gasteiger partial charge in [0, 0.05) is 35.9 Å². The van der Waals surface area contributed by atoms with Gasteiger partial charge in [0.2, 0.25) is 5.91 Å². The van der Waals surface area contributed by atoms with Crippen molar-refractivity contribution in [2.24, 2.45) is 5.73 Å². The first-order valence-electron chi connectivity index (χ1n) is 7.11. The minimum absolute atomic E-state index is 0.0591. The predicted octanol–water partition coefficient (Wildman–Crippen LogP) is 3.19. The molecule has 0 spiro atoms. The van der Waals surface area contributed by atoms with Crippen LogP contribution in [0.2, 0.25) is 0 Å². The lowest BCUT2D eigenvalue weighted by Crippen LogP contribution is -2.28. The number of nitrogens with two attached hydrogens (primary N) is 1. The van der Waals surface area contributed by atoms with Gasteiger partial charge in [0.1, 0.15) is 0 Å². The van der Waals surface area contributed by atoms with Crippen molar-refractivity contribution in [2.75, 3.05) is 5.32 Å². The number of amides is 1. The first-order chi connectivity index (χ1) is 10.7. The summed E-state index contributed by atoms with van der Waals surface area (Å²) in [5.74, 6) is -0.0591. The zero-order chi connectivity index (χ0) is 15.4. The van der Waals surface area contributed by atoms with Gasteiger partial charge in [0.05, 0.1) is 0 Å². The van der Waals surface area contributed by atoms with Gasteiger partial charge in [-0.05, 0) is 52.4 Å². The molecule has 0 aliphatic carbocycles. The average molecular weight is 311 g/mol. The summed E-state index contributed by atoms with van der Waals surface area (Å²) in [6.07, 6.45) is 4.58. The van der Waals surface area contributed by atoms with Crippen LogP contribution in [0.4, 0.5) is 5.69 Å². The van der Waals surface area contributed by atoms with Crippen LogP contribution in [0.5, 0.6) is 0 Å².